The Morgan fingerprint density at radius 3 is 1.36 bits per heavy atom. The zero-order valence-corrected chi connectivity index (χ0v) is 18.1. The van der Waals surface area contributed by atoms with Crippen LogP contribution in [0.25, 0.3) is 0 Å². The van der Waals surface area contributed by atoms with Crippen LogP contribution in [-0.2, 0) is 28.4 Å². The number of amidine groups is 1. The summed E-state index contributed by atoms with van der Waals surface area (Å²) in [4.78, 5) is 14.4. The van der Waals surface area contributed by atoms with Crippen LogP contribution in [0, 0.1) is 0 Å². The van der Waals surface area contributed by atoms with Gasteiger partial charge in [-0.2, -0.15) is 9.98 Å². The number of nitrogens with zero attached hydrogens (tertiary/aromatic N) is 5. The third-order valence-electron chi connectivity index (χ3n) is 3.31. The Bertz CT molecular complexity index is 471. The molecule has 11 nitrogen and oxygen atoms in total. The third kappa shape index (κ3) is 9.97. The van der Waals surface area contributed by atoms with Gasteiger partial charge in [0.25, 0.3) is 0 Å². The zero-order chi connectivity index (χ0) is 21.4. The van der Waals surface area contributed by atoms with Crippen molar-refractivity contribution in [1.29, 1.82) is 0 Å². The molecule has 0 aromatic carbocycles. The highest BCUT2D eigenvalue weighted by molar-refractivity contribution is 5.95. The second-order valence-electron chi connectivity index (χ2n) is 5.61. The fourth-order valence-electron chi connectivity index (χ4n) is 2.07. The zero-order valence-electron chi connectivity index (χ0n) is 18.1. The molecule has 0 aliphatic heterocycles. The highest BCUT2D eigenvalue weighted by atomic mass is 16.5. The minimum Gasteiger partial charge on any atom is -0.364 e. The van der Waals surface area contributed by atoms with Crippen molar-refractivity contribution in [3.63, 3.8) is 0 Å². The van der Waals surface area contributed by atoms with Crippen LogP contribution >= 0.6 is 0 Å². The molecule has 0 aliphatic carbocycles. The Kier molecular flexibility index (Phi) is 15.2. The van der Waals surface area contributed by atoms with Crippen molar-refractivity contribution in [2.75, 3.05) is 83.0 Å². The molecule has 0 fully saturated rings. The maximum atomic E-state index is 5.25. The summed E-state index contributed by atoms with van der Waals surface area (Å²) < 4.78 is 31.3. The van der Waals surface area contributed by atoms with Crippen LogP contribution in [0.3, 0.4) is 0 Å². The number of hydrogen-bond acceptors (Lipinski definition) is 8. The van der Waals surface area contributed by atoms with Crippen molar-refractivity contribution in [1.82, 2.24) is 14.7 Å². The predicted octanol–water partition coefficient (Wildman–Crippen LogP) is 0.761. The first-order valence-electron chi connectivity index (χ1n) is 8.50. The van der Waals surface area contributed by atoms with Crippen molar-refractivity contribution < 1.29 is 28.4 Å². The largest absolute Gasteiger partial charge is 0.364 e. The minimum atomic E-state index is 0.222. The molecule has 0 radical (unpaired) electrons. The smallest absolute Gasteiger partial charge is 0.232 e. The van der Waals surface area contributed by atoms with Crippen LogP contribution in [0.2, 0.25) is 0 Å². The Hall–Kier alpha value is -1.76. The van der Waals surface area contributed by atoms with Crippen LogP contribution in [-0.4, -0.2) is 110 Å². The van der Waals surface area contributed by atoms with Gasteiger partial charge in [-0.3, -0.25) is 4.90 Å². The lowest BCUT2D eigenvalue weighted by atomic mass is 10.5. The molecule has 164 valence electrons. The van der Waals surface area contributed by atoms with Gasteiger partial charge >= 0.3 is 0 Å². The van der Waals surface area contributed by atoms with Gasteiger partial charge in [-0.15, -0.1) is 0 Å². The maximum Gasteiger partial charge on any atom is 0.232 e. The van der Waals surface area contributed by atoms with E-state index in [0.717, 1.165) is 0 Å². The molecule has 0 N–H and O–H groups in total. The first-order valence-corrected chi connectivity index (χ1v) is 8.50. The van der Waals surface area contributed by atoms with Crippen LogP contribution in [0.1, 0.15) is 6.92 Å². The molecule has 0 aromatic rings. The van der Waals surface area contributed by atoms with Gasteiger partial charge in [0.2, 0.25) is 5.96 Å². The predicted molar refractivity (Wildman–Crippen MR) is 106 cm³/mol. The third-order valence-corrected chi connectivity index (χ3v) is 3.31. The second kappa shape index (κ2) is 16.2. The molecule has 28 heavy (non-hydrogen) atoms. The first kappa shape index (κ1) is 26.2. The summed E-state index contributed by atoms with van der Waals surface area (Å²) in [5.41, 5.74) is 0. The molecular weight excluding hydrogens is 370 g/mol. The summed E-state index contributed by atoms with van der Waals surface area (Å²) in [7, 11) is 9.52. The van der Waals surface area contributed by atoms with Crippen LogP contribution in [0.15, 0.2) is 22.4 Å². The van der Waals surface area contributed by atoms with Gasteiger partial charge in [0.15, 0.2) is 0 Å². The van der Waals surface area contributed by atoms with Gasteiger partial charge in [-0.25, -0.2) is 0 Å². The van der Waals surface area contributed by atoms with Gasteiger partial charge in [0.05, 0.1) is 0 Å². The van der Waals surface area contributed by atoms with Crippen LogP contribution in [0.4, 0.5) is 0 Å². The van der Waals surface area contributed by atoms with Gasteiger partial charge in [0.1, 0.15) is 52.0 Å². The topological polar surface area (TPSA) is 89.8 Å². The molecular formula is C17H35N5O6. The van der Waals surface area contributed by atoms with Crippen molar-refractivity contribution in [3.8, 4) is 0 Å². The monoisotopic (exact) mass is 405 g/mol. The molecule has 0 aromatic heterocycles. The summed E-state index contributed by atoms with van der Waals surface area (Å²) in [6.45, 7) is 7.42. The summed E-state index contributed by atoms with van der Waals surface area (Å²) in [6, 6.07) is 0. The maximum absolute atomic E-state index is 5.25. The SMILES string of the molecule is C=C(/N=C(\N=C(/C)N(COC)COC)N(COC)COC)N(COC)COC. The molecule has 0 spiro atoms. The van der Waals surface area contributed by atoms with E-state index >= 15 is 0 Å². The molecule has 0 saturated heterocycles. The Labute approximate surface area is 168 Å². The summed E-state index contributed by atoms with van der Waals surface area (Å²) in [6.07, 6.45) is 0. The van der Waals surface area contributed by atoms with Crippen LogP contribution in [0.5, 0.6) is 0 Å². The minimum absolute atomic E-state index is 0.222. The lowest BCUT2D eigenvalue weighted by Gasteiger charge is -2.27. The molecule has 0 rings (SSSR count). The van der Waals surface area contributed by atoms with E-state index in [1.165, 1.54) is 0 Å². The average Bonchev–Trinajstić information content (AvgIpc) is 2.66. The number of ether oxygens (including phenoxy) is 6. The van der Waals surface area contributed by atoms with E-state index < -0.39 is 0 Å². The van der Waals surface area contributed by atoms with Crippen molar-refractivity contribution in [3.05, 3.63) is 12.4 Å². The summed E-state index contributed by atoms with van der Waals surface area (Å²) in [5.74, 6) is 1.40. The fraction of sp³-hybridized carbons (Fsp3) is 0.765. The molecule has 0 heterocycles. The first-order chi connectivity index (χ1) is 13.5. The number of rotatable bonds is 14. The van der Waals surface area contributed by atoms with E-state index in [9.17, 15) is 0 Å². The summed E-state index contributed by atoms with van der Waals surface area (Å²) >= 11 is 0. The van der Waals surface area contributed by atoms with Gasteiger partial charge in [-0.1, -0.05) is 6.58 Å². The number of hydrogen-bond donors (Lipinski definition) is 0. The number of methoxy groups -OCH3 is 6. The van der Waals surface area contributed by atoms with E-state index in [-0.39, 0.29) is 26.9 Å². The quantitative estimate of drug-likeness (QED) is 0.236. The Morgan fingerprint density at radius 2 is 0.964 bits per heavy atom. The summed E-state index contributed by atoms with van der Waals surface area (Å²) in [5, 5.41) is 0. The number of guanidine groups is 1. The standard InChI is InChI=1S/C17H35N5O6/c1-15(20(9-23-3)10-24-4)18-17(22(13-27-7)14-28-8)19-16(2)21(11-25-5)12-26-6/h1,9-14H2,2-8H3/b18-17+,19-16+. The molecule has 0 atom stereocenters. The molecule has 11 heteroatoms. The van der Waals surface area contributed by atoms with E-state index in [1.54, 1.807) is 57.4 Å². The van der Waals surface area contributed by atoms with Crippen molar-refractivity contribution >= 4 is 11.8 Å². The molecule has 0 unspecified atom stereocenters. The number of aliphatic imine (C=N–C) groups is 2. The van der Waals surface area contributed by atoms with E-state index in [4.69, 9.17) is 28.4 Å². The fourth-order valence-corrected chi connectivity index (χ4v) is 2.07. The Morgan fingerprint density at radius 1 is 0.607 bits per heavy atom. The molecule has 0 aliphatic rings. The van der Waals surface area contributed by atoms with E-state index in [2.05, 4.69) is 16.6 Å². The second-order valence-corrected chi connectivity index (χ2v) is 5.61. The normalized spacial score (nSPS) is 12.2. The van der Waals surface area contributed by atoms with E-state index in [1.807, 2.05) is 6.92 Å². The van der Waals surface area contributed by atoms with Gasteiger partial charge in [-0.05, 0) is 6.92 Å². The highest BCUT2D eigenvalue weighted by Crippen LogP contribution is 2.08. The molecule has 0 amide bonds. The lowest BCUT2D eigenvalue weighted by Crippen LogP contribution is -2.38. The van der Waals surface area contributed by atoms with Gasteiger partial charge < -0.3 is 38.2 Å². The van der Waals surface area contributed by atoms with Crippen LogP contribution < -0.4 is 0 Å². The average molecular weight is 405 g/mol. The van der Waals surface area contributed by atoms with Gasteiger partial charge in [0, 0.05) is 42.7 Å². The van der Waals surface area contributed by atoms with E-state index in [0.29, 0.717) is 31.1 Å². The Balaban J connectivity index is 5.89. The van der Waals surface area contributed by atoms with Crippen molar-refractivity contribution in [2.24, 2.45) is 9.98 Å². The van der Waals surface area contributed by atoms with Crippen molar-refractivity contribution in [2.45, 2.75) is 6.92 Å². The molecule has 0 saturated carbocycles. The highest BCUT2D eigenvalue weighted by Gasteiger charge is 2.16. The molecule has 0 bridgehead atoms. The lowest BCUT2D eigenvalue weighted by molar-refractivity contribution is 0.00780.